The maximum atomic E-state index is 5.75. The van der Waals surface area contributed by atoms with Crippen molar-refractivity contribution in [3.8, 4) is 5.88 Å². The maximum absolute atomic E-state index is 5.75. The van der Waals surface area contributed by atoms with Gasteiger partial charge in [0.1, 0.15) is 5.15 Å². The molecule has 0 amide bonds. The van der Waals surface area contributed by atoms with E-state index in [9.17, 15) is 0 Å². The van der Waals surface area contributed by atoms with E-state index in [2.05, 4.69) is 9.97 Å². The number of aromatic nitrogens is 2. The van der Waals surface area contributed by atoms with Crippen LogP contribution in [-0.2, 0) is 6.42 Å². The van der Waals surface area contributed by atoms with Crippen LogP contribution in [0.3, 0.4) is 0 Å². The molecular formula is C11H11ClN2OS. The number of aryl methyl sites for hydroxylation is 1. The van der Waals surface area contributed by atoms with Crippen LogP contribution in [0.25, 0.3) is 0 Å². The smallest absolute Gasteiger partial charge is 0.214 e. The van der Waals surface area contributed by atoms with E-state index in [4.69, 9.17) is 16.3 Å². The Morgan fingerprint density at radius 3 is 3.00 bits per heavy atom. The fourth-order valence-corrected chi connectivity index (χ4v) is 2.20. The third-order valence-corrected chi connectivity index (χ3v) is 3.32. The van der Waals surface area contributed by atoms with E-state index >= 15 is 0 Å². The van der Waals surface area contributed by atoms with Crippen molar-refractivity contribution in [3.63, 3.8) is 0 Å². The van der Waals surface area contributed by atoms with Crippen LogP contribution in [0.4, 0.5) is 0 Å². The highest BCUT2D eigenvalue weighted by molar-refractivity contribution is 7.09. The van der Waals surface area contributed by atoms with Gasteiger partial charge >= 0.3 is 0 Å². The van der Waals surface area contributed by atoms with Gasteiger partial charge in [-0.15, -0.1) is 11.3 Å². The fraction of sp³-hybridized carbons (Fsp3) is 0.273. The zero-order valence-electron chi connectivity index (χ0n) is 8.81. The van der Waals surface area contributed by atoms with Gasteiger partial charge in [0.2, 0.25) is 5.88 Å². The Balaban J connectivity index is 1.87. The van der Waals surface area contributed by atoms with E-state index in [1.807, 2.05) is 18.5 Å². The number of thiazole rings is 1. The van der Waals surface area contributed by atoms with Crippen molar-refractivity contribution in [2.24, 2.45) is 0 Å². The number of pyridine rings is 1. The highest BCUT2D eigenvalue weighted by Gasteiger charge is 2.02. The number of hydrogen-bond donors (Lipinski definition) is 0. The van der Waals surface area contributed by atoms with E-state index in [-0.39, 0.29) is 0 Å². The molecule has 0 saturated carbocycles. The van der Waals surface area contributed by atoms with Crippen molar-refractivity contribution in [3.05, 3.63) is 39.4 Å². The quantitative estimate of drug-likeness (QED) is 0.787. The van der Waals surface area contributed by atoms with E-state index < -0.39 is 0 Å². The lowest BCUT2D eigenvalue weighted by Crippen LogP contribution is -2.02. The topological polar surface area (TPSA) is 35.0 Å². The Labute approximate surface area is 103 Å². The molecule has 0 spiro atoms. The van der Waals surface area contributed by atoms with Crippen molar-refractivity contribution in [2.45, 2.75) is 13.3 Å². The summed E-state index contributed by atoms with van der Waals surface area (Å²) in [7, 11) is 0. The first-order valence-corrected chi connectivity index (χ1v) is 6.16. The summed E-state index contributed by atoms with van der Waals surface area (Å²) in [6, 6.07) is 5.34. The van der Waals surface area contributed by atoms with Crippen LogP contribution in [0.15, 0.2) is 23.7 Å². The van der Waals surface area contributed by atoms with Gasteiger partial charge in [-0.05, 0) is 13.0 Å². The second-order valence-corrected chi connectivity index (χ2v) is 4.58. The molecule has 16 heavy (non-hydrogen) atoms. The van der Waals surface area contributed by atoms with Gasteiger partial charge < -0.3 is 4.74 Å². The first-order valence-electron chi connectivity index (χ1n) is 4.90. The molecule has 0 N–H and O–H groups in total. The van der Waals surface area contributed by atoms with Crippen molar-refractivity contribution in [1.29, 1.82) is 0 Å². The summed E-state index contributed by atoms with van der Waals surface area (Å²) >= 11 is 7.40. The molecule has 2 heterocycles. The summed E-state index contributed by atoms with van der Waals surface area (Å²) in [5, 5.41) is 0.450. The van der Waals surface area contributed by atoms with Gasteiger partial charge in [-0.2, -0.15) is 0 Å². The maximum Gasteiger partial charge on any atom is 0.214 e. The second-order valence-electron chi connectivity index (χ2n) is 3.26. The molecule has 2 aromatic heterocycles. The Hall–Kier alpha value is -1.13. The summed E-state index contributed by atoms with van der Waals surface area (Å²) in [6.45, 7) is 2.60. The molecule has 2 aromatic rings. The summed E-state index contributed by atoms with van der Waals surface area (Å²) < 4.78 is 5.50. The molecule has 0 aliphatic carbocycles. The largest absolute Gasteiger partial charge is 0.477 e. The van der Waals surface area contributed by atoms with Gasteiger partial charge in [-0.3, -0.25) is 0 Å². The molecule has 0 unspecified atom stereocenters. The standard InChI is InChI=1S/C11H11ClN2OS/c1-8-9(16-7-13-8)5-6-15-11-4-2-3-10(12)14-11/h2-4,7H,5-6H2,1H3. The van der Waals surface area contributed by atoms with Crippen LogP contribution in [0.1, 0.15) is 10.6 Å². The van der Waals surface area contributed by atoms with E-state index in [0.29, 0.717) is 17.6 Å². The van der Waals surface area contributed by atoms with Gasteiger partial charge in [-0.1, -0.05) is 17.7 Å². The summed E-state index contributed by atoms with van der Waals surface area (Å²) in [4.78, 5) is 9.48. The third-order valence-electron chi connectivity index (χ3n) is 2.11. The molecule has 0 fully saturated rings. The lowest BCUT2D eigenvalue weighted by atomic mass is 10.3. The fourth-order valence-electron chi connectivity index (χ4n) is 1.28. The third kappa shape index (κ3) is 2.93. The molecule has 84 valence electrons. The first-order chi connectivity index (χ1) is 7.75. The van der Waals surface area contributed by atoms with Gasteiger partial charge in [0.15, 0.2) is 0 Å². The summed E-state index contributed by atoms with van der Waals surface area (Å²) in [6.07, 6.45) is 0.852. The molecule has 3 nitrogen and oxygen atoms in total. The SMILES string of the molecule is Cc1ncsc1CCOc1cccc(Cl)n1. The van der Waals surface area contributed by atoms with Crippen LogP contribution in [0, 0.1) is 6.92 Å². The second kappa shape index (κ2) is 5.27. The number of rotatable bonds is 4. The van der Waals surface area contributed by atoms with E-state index in [1.54, 1.807) is 23.5 Å². The Morgan fingerprint density at radius 1 is 1.44 bits per heavy atom. The molecule has 0 radical (unpaired) electrons. The van der Waals surface area contributed by atoms with Crippen LogP contribution < -0.4 is 4.74 Å². The molecule has 0 saturated heterocycles. The molecule has 0 atom stereocenters. The zero-order chi connectivity index (χ0) is 11.4. The Bertz CT molecular complexity index is 473. The predicted molar refractivity (Wildman–Crippen MR) is 65.3 cm³/mol. The minimum atomic E-state index is 0.450. The lowest BCUT2D eigenvalue weighted by Gasteiger charge is -2.04. The molecule has 2 rings (SSSR count). The zero-order valence-corrected chi connectivity index (χ0v) is 10.4. The lowest BCUT2D eigenvalue weighted by molar-refractivity contribution is 0.310. The van der Waals surface area contributed by atoms with Crippen LogP contribution in [-0.4, -0.2) is 16.6 Å². The highest BCUT2D eigenvalue weighted by Crippen LogP contribution is 2.15. The number of nitrogens with zero attached hydrogens (tertiary/aromatic N) is 2. The average molecular weight is 255 g/mol. The van der Waals surface area contributed by atoms with Crippen LogP contribution >= 0.6 is 22.9 Å². The van der Waals surface area contributed by atoms with Crippen molar-refractivity contribution in [1.82, 2.24) is 9.97 Å². The molecule has 0 aliphatic heterocycles. The normalized spacial score (nSPS) is 10.4. The van der Waals surface area contributed by atoms with Gasteiger partial charge in [-0.25, -0.2) is 9.97 Å². The number of halogens is 1. The summed E-state index contributed by atoms with van der Waals surface area (Å²) in [5.74, 6) is 0.565. The van der Waals surface area contributed by atoms with Crippen molar-refractivity contribution < 1.29 is 4.74 Å². The minimum absolute atomic E-state index is 0.450. The number of hydrogen-bond acceptors (Lipinski definition) is 4. The van der Waals surface area contributed by atoms with E-state index in [1.165, 1.54) is 4.88 Å². The van der Waals surface area contributed by atoms with Crippen LogP contribution in [0.2, 0.25) is 5.15 Å². The Kier molecular flexibility index (Phi) is 3.74. The minimum Gasteiger partial charge on any atom is -0.477 e. The van der Waals surface area contributed by atoms with Gasteiger partial charge in [0.25, 0.3) is 0 Å². The van der Waals surface area contributed by atoms with Gasteiger partial charge in [0.05, 0.1) is 17.8 Å². The first kappa shape index (κ1) is 11.4. The molecular weight excluding hydrogens is 244 g/mol. The molecule has 0 aromatic carbocycles. The van der Waals surface area contributed by atoms with Crippen LogP contribution in [0.5, 0.6) is 5.88 Å². The van der Waals surface area contributed by atoms with Gasteiger partial charge in [0, 0.05) is 17.4 Å². The van der Waals surface area contributed by atoms with Crippen molar-refractivity contribution in [2.75, 3.05) is 6.61 Å². The number of ether oxygens (including phenoxy) is 1. The van der Waals surface area contributed by atoms with E-state index in [0.717, 1.165) is 12.1 Å². The average Bonchev–Trinajstić information content (AvgIpc) is 2.65. The Morgan fingerprint density at radius 2 is 2.31 bits per heavy atom. The molecule has 0 aliphatic rings. The summed E-state index contributed by atoms with van der Waals surface area (Å²) in [5.41, 5.74) is 2.93. The molecule has 5 heteroatoms. The monoisotopic (exact) mass is 254 g/mol. The van der Waals surface area contributed by atoms with Crippen molar-refractivity contribution >= 4 is 22.9 Å². The molecule has 0 bridgehead atoms. The predicted octanol–water partition coefficient (Wildman–Crippen LogP) is 3.12. The highest BCUT2D eigenvalue weighted by atomic mass is 35.5.